The number of hydrogen-bond acceptors (Lipinski definition) is 9. The first-order valence-electron chi connectivity index (χ1n) is 20.0. The quantitative estimate of drug-likeness (QED) is 0.0820. The Labute approximate surface area is 354 Å². The summed E-state index contributed by atoms with van der Waals surface area (Å²) in [4.78, 5) is 8.29. The molecule has 0 aliphatic rings. The van der Waals surface area contributed by atoms with Gasteiger partial charge in [-0.3, -0.25) is 0 Å². The second kappa shape index (κ2) is 19.4. The fraction of sp³-hybridized carbons (Fsp3) is 0.500. The van der Waals surface area contributed by atoms with Crippen molar-refractivity contribution in [3.63, 3.8) is 0 Å². The summed E-state index contributed by atoms with van der Waals surface area (Å²) >= 11 is 5.83. The Hall–Kier alpha value is -3.02. The molecule has 0 fully saturated rings. The van der Waals surface area contributed by atoms with Crippen molar-refractivity contribution in [2.45, 2.75) is 93.9 Å². The normalized spacial score (nSPS) is 12.2. The zero-order valence-corrected chi connectivity index (χ0v) is 39.2. The molecule has 0 spiro atoms. The van der Waals surface area contributed by atoms with E-state index in [1.54, 1.807) is 14.2 Å². The SMILES string of the molecule is COCCOCCOc1ccc(-c2sc(-c3sc(-c4sc(C(C)(C)C)c(C)c4C)c(C)c3C)c(C)c2C)cc1-c1cc(C(C)(C)C)ccc1OCCOCCOC. The van der Waals surface area contributed by atoms with Crippen LogP contribution in [0.4, 0.5) is 0 Å². The van der Waals surface area contributed by atoms with Crippen molar-refractivity contribution in [1.82, 2.24) is 0 Å². The van der Waals surface area contributed by atoms with E-state index in [0.29, 0.717) is 52.9 Å². The molecule has 5 rings (SSSR count). The highest BCUT2D eigenvalue weighted by molar-refractivity contribution is 7.27. The average molecular weight is 833 g/mol. The highest BCUT2D eigenvalue weighted by Gasteiger charge is 2.27. The maximum absolute atomic E-state index is 6.50. The molecule has 0 aliphatic carbocycles. The second-order valence-corrected chi connectivity index (χ2v) is 19.9. The molecule has 0 bridgehead atoms. The van der Waals surface area contributed by atoms with Gasteiger partial charge in [-0.25, -0.2) is 0 Å². The van der Waals surface area contributed by atoms with Crippen LogP contribution in [0.25, 0.3) is 41.1 Å². The monoisotopic (exact) mass is 832 g/mol. The predicted molar refractivity (Wildman–Crippen MR) is 244 cm³/mol. The van der Waals surface area contributed by atoms with E-state index >= 15 is 0 Å². The highest BCUT2D eigenvalue weighted by atomic mass is 32.1. The Morgan fingerprint density at radius 2 is 0.860 bits per heavy atom. The van der Waals surface area contributed by atoms with Gasteiger partial charge in [-0.15, -0.1) is 34.0 Å². The minimum atomic E-state index is -0.0646. The van der Waals surface area contributed by atoms with Gasteiger partial charge >= 0.3 is 0 Å². The lowest BCUT2D eigenvalue weighted by atomic mass is 9.85. The summed E-state index contributed by atoms with van der Waals surface area (Å²) in [5.74, 6) is 1.58. The van der Waals surface area contributed by atoms with Crippen LogP contribution >= 0.6 is 34.0 Å². The standard InChI is InChI=1S/C48H64O6S3/c1-29-30(2)42(43-31(3)32(4)44(56-43)45-33(5)34(6)46(57-45)48(10,11)12)55-41(29)35-15-17-39(53-25-23-51-21-19-49-13)37(27-35)38-28-36(47(7,8)9)16-18-40(38)54-26-24-52-22-20-50-14/h15-18,27-28H,19-26H2,1-14H3. The Kier molecular flexibility index (Phi) is 15.3. The molecule has 9 heteroatoms. The van der Waals surface area contributed by atoms with Crippen molar-refractivity contribution in [2.75, 3.05) is 67.1 Å². The van der Waals surface area contributed by atoms with E-state index in [1.165, 1.54) is 68.2 Å². The van der Waals surface area contributed by atoms with E-state index in [4.69, 9.17) is 28.4 Å². The molecule has 0 atom stereocenters. The maximum Gasteiger partial charge on any atom is 0.127 e. The van der Waals surface area contributed by atoms with E-state index in [-0.39, 0.29) is 10.8 Å². The van der Waals surface area contributed by atoms with E-state index in [0.717, 1.165) is 28.2 Å². The molecule has 0 amide bonds. The van der Waals surface area contributed by atoms with Gasteiger partial charge in [0.2, 0.25) is 0 Å². The van der Waals surface area contributed by atoms with E-state index in [1.807, 2.05) is 34.0 Å². The number of ether oxygens (including phenoxy) is 6. The van der Waals surface area contributed by atoms with Gasteiger partial charge in [0.15, 0.2) is 0 Å². The molecule has 5 aromatic rings. The summed E-state index contributed by atoms with van der Waals surface area (Å²) in [5.41, 5.74) is 12.7. The van der Waals surface area contributed by atoms with E-state index in [2.05, 4.69) is 119 Å². The molecule has 57 heavy (non-hydrogen) atoms. The van der Waals surface area contributed by atoms with Crippen molar-refractivity contribution < 1.29 is 28.4 Å². The van der Waals surface area contributed by atoms with Crippen molar-refractivity contribution in [1.29, 1.82) is 0 Å². The van der Waals surface area contributed by atoms with Gasteiger partial charge in [0, 0.05) is 54.6 Å². The third kappa shape index (κ3) is 10.4. The van der Waals surface area contributed by atoms with Crippen LogP contribution < -0.4 is 9.47 Å². The van der Waals surface area contributed by atoms with Gasteiger partial charge < -0.3 is 28.4 Å². The molecule has 2 aromatic carbocycles. The molecular formula is C48H64O6S3. The zero-order valence-electron chi connectivity index (χ0n) is 36.8. The van der Waals surface area contributed by atoms with Gasteiger partial charge in [-0.1, -0.05) is 47.6 Å². The van der Waals surface area contributed by atoms with Gasteiger partial charge in [-0.05, 0) is 127 Å². The maximum atomic E-state index is 6.50. The molecule has 0 unspecified atom stereocenters. The molecule has 0 aliphatic heterocycles. The molecular weight excluding hydrogens is 769 g/mol. The van der Waals surface area contributed by atoms with Crippen LogP contribution in [0.2, 0.25) is 0 Å². The molecule has 0 saturated heterocycles. The number of hydrogen-bond donors (Lipinski definition) is 0. The summed E-state index contributed by atoms with van der Waals surface area (Å²) in [5, 5.41) is 0. The minimum absolute atomic E-state index is 0.0646. The Balaban J connectivity index is 1.59. The summed E-state index contributed by atoms with van der Waals surface area (Å²) in [7, 11) is 3.36. The van der Waals surface area contributed by atoms with Crippen LogP contribution in [0.5, 0.6) is 11.5 Å². The number of thiophene rings is 3. The largest absolute Gasteiger partial charge is 0.491 e. The Bertz CT molecular complexity index is 2120. The molecule has 6 nitrogen and oxygen atoms in total. The van der Waals surface area contributed by atoms with Gasteiger partial charge in [-0.2, -0.15) is 0 Å². The lowest BCUT2D eigenvalue weighted by molar-refractivity contribution is 0.0542. The molecule has 0 radical (unpaired) electrons. The average Bonchev–Trinajstić information content (AvgIpc) is 3.75. The summed E-state index contributed by atoms with van der Waals surface area (Å²) < 4.78 is 34.8. The van der Waals surface area contributed by atoms with Crippen molar-refractivity contribution in [3.8, 4) is 52.6 Å². The van der Waals surface area contributed by atoms with Crippen LogP contribution in [0.3, 0.4) is 0 Å². The smallest absolute Gasteiger partial charge is 0.127 e. The Morgan fingerprint density at radius 3 is 1.33 bits per heavy atom. The third-order valence-corrected chi connectivity index (χ3v) is 15.6. The van der Waals surface area contributed by atoms with Gasteiger partial charge in [0.25, 0.3) is 0 Å². The molecule has 0 saturated carbocycles. The van der Waals surface area contributed by atoms with Crippen LogP contribution in [0.15, 0.2) is 36.4 Å². The summed E-state index contributed by atoms with van der Waals surface area (Å²) in [6.45, 7) is 31.4. The van der Waals surface area contributed by atoms with Gasteiger partial charge in [0.1, 0.15) is 24.7 Å². The van der Waals surface area contributed by atoms with Crippen LogP contribution in [0, 0.1) is 41.5 Å². The first kappa shape index (κ1) is 45.1. The summed E-state index contributed by atoms with van der Waals surface area (Å²) in [6.07, 6.45) is 0. The predicted octanol–water partition coefficient (Wildman–Crippen LogP) is 13.1. The van der Waals surface area contributed by atoms with E-state index in [9.17, 15) is 0 Å². The van der Waals surface area contributed by atoms with Crippen molar-refractivity contribution >= 4 is 34.0 Å². The fourth-order valence-electron chi connectivity index (χ4n) is 6.89. The van der Waals surface area contributed by atoms with Crippen LogP contribution in [-0.4, -0.2) is 67.1 Å². The zero-order chi connectivity index (χ0) is 41.7. The third-order valence-electron chi connectivity index (χ3n) is 10.6. The van der Waals surface area contributed by atoms with E-state index < -0.39 is 0 Å². The molecule has 0 N–H and O–H groups in total. The van der Waals surface area contributed by atoms with Crippen molar-refractivity contribution in [2.24, 2.45) is 0 Å². The molecule has 3 heterocycles. The van der Waals surface area contributed by atoms with Crippen molar-refractivity contribution in [3.05, 3.63) is 80.2 Å². The molecule has 3 aromatic heterocycles. The molecule has 310 valence electrons. The number of methoxy groups -OCH3 is 2. The van der Waals surface area contributed by atoms with Crippen LogP contribution in [0.1, 0.15) is 85.4 Å². The first-order chi connectivity index (χ1) is 27.0. The number of benzene rings is 2. The number of rotatable bonds is 18. The fourth-order valence-corrected chi connectivity index (χ4v) is 11.4. The summed E-state index contributed by atoms with van der Waals surface area (Å²) in [6, 6.07) is 13.1. The lowest BCUT2D eigenvalue weighted by Gasteiger charge is -2.23. The second-order valence-electron chi connectivity index (χ2n) is 16.9. The van der Waals surface area contributed by atoms with Crippen LogP contribution in [-0.2, 0) is 29.8 Å². The minimum Gasteiger partial charge on any atom is -0.491 e. The highest BCUT2D eigenvalue weighted by Crippen LogP contribution is 2.52. The van der Waals surface area contributed by atoms with Gasteiger partial charge in [0.05, 0.1) is 39.6 Å². The topological polar surface area (TPSA) is 55.4 Å². The first-order valence-corrected chi connectivity index (χ1v) is 22.4. The Morgan fingerprint density at radius 1 is 0.439 bits per heavy atom. The lowest BCUT2D eigenvalue weighted by Crippen LogP contribution is -2.13.